The van der Waals surface area contributed by atoms with E-state index in [-0.39, 0.29) is 24.4 Å². The van der Waals surface area contributed by atoms with Crippen LogP contribution in [-0.4, -0.2) is 50.0 Å². The van der Waals surface area contributed by atoms with Crippen molar-refractivity contribution in [2.75, 3.05) is 17.1 Å². The molecule has 0 radical (unpaired) electrons. The molecule has 41 heavy (non-hydrogen) atoms. The van der Waals surface area contributed by atoms with Crippen molar-refractivity contribution in [2.45, 2.75) is 72.0 Å². The number of nitrogens with one attached hydrogen (secondary N) is 1. The molecule has 0 aromatic heterocycles. The van der Waals surface area contributed by atoms with Crippen molar-refractivity contribution < 1.29 is 18.0 Å². The Morgan fingerprint density at radius 2 is 1.49 bits per heavy atom. The molecule has 0 bridgehead atoms. The zero-order chi connectivity index (χ0) is 30.2. The fraction of sp³-hybridized carbons (Fsp3) is 0.394. The van der Waals surface area contributed by atoms with E-state index in [0.29, 0.717) is 12.1 Å². The van der Waals surface area contributed by atoms with Crippen LogP contribution in [0, 0.1) is 6.92 Å². The van der Waals surface area contributed by atoms with Crippen LogP contribution in [0.2, 0.25) is 0 Å². The van der Waals surface area contributed by atoms with E-state index >= 15 is 0 Å². The minimum atomic E-state index is -3.83. The van der Waals surface area contributed by atoms with Gasteiger partial charge in [-0.25, -0.2) is 8.42 Å². The maximum Gasteiger partial charge on any atom is 0.244 e. The summed E-state index contributed by atoms with van der Waals surface area (Å²) >= 11 is 0. The van der Waals surface area contributed by atoms with Gasteiger partial charge in [0, 0.05) is 19.0 Å². The third kappa shape index (κ3) is 8.67. The zero-order valence-corrected chi connectivity index (χ0v) is 25.8. The molecule has 7 nitrogen and oxygen atoms in total. The number of rotatable bonds is 13. The number of nitrogens with zero attached hydrogens (tertiary/aromatic N) is 2. The molecule has 2 atom stereocenters. The van der Waals surface area contributed by atoms with E-state index in [4.69, 9.17) is 0 Å². The molecule has 0 unspecified atom stereocenters. The number of para-hydroxylation sites is 1. The fourth-order valence-corrected chi connectivity index (χ4v) is 5.63. The van der Waals surface area contributed by atoms with Gasteiger partial charge in [-0.2, -0.15) is 0 Å². The monoisotopic (exact) mass is 577 g/mol. The molecule has 0 saturated carbocycles. The average molecular weight is 578 g/mol. The van der Waals surface area contributed by atoms with E-state index in [9.17, 15) is 18.0 Å². The van der Waals surface area contributed by atoms with Gasteiger partial charge >= 0.3 is 0 Å². The first kappa shape index (κ1) is 31.9. The van der Waals surface area contributed by atoms with E-state index in [0.717, 1.165) is 34.9 Å². The first-order valence-electron chi connectivity index (χ1n) is 14.2. The van der Waals surface area contributed by atoms with Gasteiger partial charge in [0.2, 0.25) is 21.8 Å². The number of hydrogen-bond acceptors (Lipinski definition) is 4. The summed E-state index contributed by atoms with van der Waals surface area (Å²) in [7, 11) is -3.83. The van der Waals surface area contributed by atoms with Crippen LogP contribution in [0.25, 0.3) is 0 Å². The van der Waals surface area contributed by atoms with E-state index in [1.165, 1.54) is 4.31 Å². The van der Waals surface area contributed by atoms with Crippen LogP contribution < -0.4 is 9.62 Å². The highest BCUT2D eigenvalue weighted by molar-refractivity contribution is 7.92. The highest BCUT2D eigenvalue weighted by Gasteiger charge is 2.34. The van der Waals surface area contributed by atoms with Gasteiger partial charge in [0.1, 0.15) is 12.6 Å². The third-order valence-corrected chi connectivity index (χ3v) is 8.51. The average Bonchev–Trinajstić information content (AvgIpc) is 2.94. The molecule has 3 aromatic carbocycles. The second-order valence-corrected chi connectivity index (χ2v) is 12.9. The van der Waals surface area contributed by atoms with Crippen molar-refractivity contribution in [2.24, 2.45) is 0 Å². The number of amides is 2. The van der Waals surface area contributed by atoms with Crippen molar-refractivity contribution >= 4 is 27.5 Å². The molecule has 0 aliphatic heterocycles. The highest BCUT2D eigenvalue weighted by Crippen LogP contribution is 2.29. The minimum absolute atomic E-state index is 0.0424. The van der Waals surface area contributed by atoms with Gasteiger partial charge in [-0.1, -0.05) is 93.6 Å². The molecule has 2 amide bonds. The standard InChI is InChI=1S/C33H43N3O4S/c1-7-26(5)34-33(38)31(21-27-16-9-8-10-17-27)35(22-28-18-12-11-15-25(28)4)32(37)23-36(41(6,39)40)30-20-14-13-19-29(30)24(2)3/h8-20,24,26,31H,7,21-23H2,1-6H3,(H,34,38)/t26-,31-/m1/s1. The normalized spacial score (nSPS) is 13.0. The Hall–Kier alpha value is -3.65. The molecule has 8 heteroatoms. The van der Waals surface area contributed by atoms with Crippen LogP contribution in [0.3, 0.4) is 0 Å². The van der Waals surface area contributed by atoms with Crippen LogP contribution in [0.15, 0.2) is 78.9 Å². The summed E-state index contributed by atoms with van der Waals surface area (Å²) in [5, 5.41) is 3.06. The summed E-state index contributed by atoms with van der Waals surface area (Å²) in [6.07, 6.45) is 2.14. The smallest absolute Gasteiger partial charge is 0.244 e. The number of aryl methyl sites for hydroxylation is 1. The predicted octanol–water partition coefficient (Wildman–Crippen LogP) is 5.44. The van der Waals surface area contributed by atoms with Crippen LogP contribution >= 0.6 is 0 Å². The Morgan fingerprint density at radius 1 is 0.878 bits per heavy atom. The van der Waals surface area contributed by atoms with Crippen molar-refractivity contribution in [3.8, 4) is 0 Å². The van der Waals surface area contributed by atoms with Gasteiger partial charge in [-0.3, -0.25) is 13.9 Å². The summed E-state index contributed by atoms with van der Waals surface area (Å²) in [6.45, 7) is 9.60. The second-order valence-electron chi connectivity index (χ2n) is 11.0. The molecule has 0 saturated heterocycles. The summed E-state index contributed by atoms with van der Waals surface area (Å²) in [4.78, 5) is 29.6. The van der Waals surface area contributed by atoms with Crippen molar-refractivity contribution in [1.29, 1.82) is 0 Å². The highest BCUT2D eigenvalue weighted by atomic mass is 32.2. The zero-order valence-electron chi connectivity index (χ0n) is 25.0. The first-order chi connectivity index (χ1) is 19.4. The molecule has 0 aliphatic rings. The SMILES string of the molecule is CC[C@@H](C)NC(=O)[C@@H](Cc1ccccc1)N(Cc1ccccc1C)C(=O)CN(c1ccccc1C(C)C)S(C)(=O)=O. The Morgan fingerprint density at radius 3 is 2.10 bits per heavy atom. The number of anilines is 1. The quantitative estimate of drug-likeness (QED) is 0.293. The molecule has 3 rings (SSSR count). The van der Waals surface area contributed by atoms with Gasteiger partial charge < -0.3 is 10.2 Å². The molecule has 0 fully saturated rings. The molecular weight excluding hydrogens is 534 g/mol. The summed E-state index contributed by atoms with van der Waals surface area (Å²) in [5.41, 5.74) is 4.08. The summed E-state index contributed by atoms with van der Waals surface area (Å²) in [5.74, 6) is -0.670. The second kappa shape index (κ2) is 14.3. The molecular formula is C33H43N3O4S. The Balaban J connectivity index is 2.11. The topological polar surface area (TPSA) is 86.8 Å². The maximum atomic E-state index is 14.3. The number of sulfonamides is 1. The lowest BCUT2D eigenvalue weighted by Gasteiger charge is -2.35. The fourth-order valence-electron chi connectivity index (χ4n) is 4.76. The van der Waals surface area contributed by atoms with Gasteiger partial charge in [-0.15, -0.1) is 0 Å². The van der Waals surface area contributed by atoms with E-state index < -0.39 is 28.5 Å². The van der Waals surface area contributed by atoms with Crippen LogP contribution in [-0.2, 0) is 32.6 Å². The van der Waals surface area contributed by atoms with Crippen molar-refractivity contribution in [1.82, 2.24) is 10.2 Å². The lowest BCUT2D eigenvalue weighted by Crippen LogP contribution is -2.54. The van der Waals surface area contributed by atoms with E-state index in [1.807, 2.05) is 101 Å². The Bertz CT molecular complexity index is 1420. The van der Waals surface area contributed by atoms with Crippen molar-refractivity contribution in [3.05, 3.63) is 101 Å². The summed E-state index contributed by atoms with van der Waals surface area (Å²) < 4.78 is 27.4. The van der Waals surface area contributed by atoms with Crippen LogP contribution in [0.1, 0.15) is 62.3 Å². The third-order valence-electron chi connectivity index (χ3n) is 7.38. The van der Waals surface area contributed by atoms with E-state index in [2.05, 4.69) is 5.32 Å². The van der Waals surface area contributed by atoms with Gasteiger partial charge in [0.05, 0.1) is 11.9 Å². The maximum absolute atomic E-state index is 14.3. The predicted molar refractivity (Wildman–Crippen MR) is 166 cm³/mol. The first-order valence-corrected chi connectivity index (χ1v) is 16.0. The summed E-state index contributed by atoms with van der Waals surface area (Å²) in [6, 6.07) is 23.6. The van der Waals surface area contributed by atoms with Crippen LogP contribution in [0.5, 0.6) is 0 Å². The molecule has 3 aromatic rings. The number of carbonyl (C=O) groups excluding carboxylic acids is 2. The molecule has 220 valence electrons. The number of hydrogen-bond donors (Lipinski definition) is 1. The molecule has 0 aliphatic carbocycles. The molecule has 0 spiro atoms. The number of benzene rings is 3. The Labute approximate surface area is 245 Å². The minimum Gasteiger partial charge on any atom is -0.352 e. The van der Waals surface area contributed by atoms with Gasteiger partial charge in [0.25, 0.3) is 0 Å². The van der Waals surface area contributed by atoms with E-state index in [1.54, 1.807) is 17.0 Å². The largest absolute Gasteiger partial charge is 0.352 e. The van der Waals surface area contributed by atoms with Crippen molar-refractivity contribution in [3.63, 3.8) is 0 Å². The number of carbonyl (C=O) groups is 2. The lowest BCUT2D eigenvalue weighted by molar-refractivity contribution is -0.140. The Kier molecular flexibility index (Phi) is 11.1. The molecule has 0 heterocycles. The lowest BCUT2D eigenvalue weighted by atomic mass is 10.0. The van der Waals surface area contributed by atoms with Gasteiger partial charge in [-0.05, 0) is 54.5 Å². The molecule has 1 N–H and O–H groups in total. The van der Waals surface area contributed by atoms with Crippen LogP contribution in [0.4, 0.5) is 5.69 Å². The van der Waals surface area contributed by atoms with Gasteiger partial charge in [0.15, 0.2) is 0 Å².